The molecule has 1 heterocycles. The zero-order chi connectivity index (χ0) is 18.9. The summed E-state index contributed by atoms with van der Waals surface area (Å²) in [6.07, 6.45) is 0. The van der Waals surface area contributed by atoms with Crippen LogP contribution in [-0.4, -0.2) is 72.5 Å². The molecule has 0 aromatic heterocycles. The summed E-state index contributed by atoms with van der Waals surface area (Å²) < 4.78 is 0. The fourth-order valence-electron chi connectivity index (χ4n) is 2.67. The summed E-state index contributed by atoms with van der Waals surface area (Å²) in [7, 11) is 0. The summed E-state index contributed by atoms with van der Waals surface area (Å²) in [6.45, 7) is 9.49. The van der Waals surface area contributed by atoms with Crippen molar-refractivity contribution >= 4 is 34.8 Å². The molecule has 0 atom stereocenters. The number of amides is 2. The number of nitrogens with zero attached hydrogens (tertiary/aromatic N) is 2. The van der Waals surface area contributed by atoms with Crippen molar-refractivity contribution < 1.29 is 9.59 Å². The van der Waals surface area contributed by atoms with Crippen molar-refractivity contribution in [2.45, 2.75) is 13.8 Å². The maximum absolute atomic E-state index is 11.9. The van der Waals surface area contributed by atoms with E-state index in [0.717, 1.165) is 43.4 Å². The van der Waals surface area contributed by atoms with E-state index in [1.54, 1.807) is 12.1 Å². The second kappa shape index (κ2) is 10.1. The minimum atomic E-state index is -0.644. The van der Waals surface area contributed by atoms with Gasteiger partial charge >= 0.3 is 11.8 Å². The number of carbonyl (C=O) groups excluding carboxylic acids is 2. The molecule has 0 spiro atoms. The lowest BCUT2D eigenvalue weighted by Gasteiger charge is -2.36. The third-order valence-electron chi connectivity index (χ3n) is 4.22. The van der Waals surface area contributed by atoms with Crippen LogP contribution in [0.4, 0.5) is 5.69 Å². The van der Waals surface area contributed by atoms with Gasteiger partial charge in [0.2, 0.25) is 0 Å². The predicted molar refractivity (Wildman–Crippen MR) is 107 cm³/mol. The van der Waals surface area contributed by atoms with Crippen LogP contribution in [0.15, 0.2) is 24.3 Å². The van der Waals surface area contributed by atoms with Gasteiger partial charge in [-0.15, -0.1) is 0 Å². The van der Waals surface area contributed by atoms with E-state index in [4.69, 9.17) is 12.2 Å². The van der Waals surface area contributed by atoms with Gasteiger partial charge in [-0.1, -0.05) is 17.7 Å². The molecule has 0 radical (unpaired) electrons. The zero-order valence-electron chi connectivity index (χ0n) is 15.4. The van der Waals surface area contributed by atoms with Crippen LogP contribution in [0, 0.1) is 6.92 Å². The molecule has 2 rings (SSSR count). The third-order valence-corrected chi connectivity index (χ3v) is 4.62. The molecule has 0 saturated carbocycles. The van der Waals surface area contributed by atoms with Crippen molar-refractivity contribution in [1.82, 2.24) is 20.4 Å². The normalized spacial score (nSPS) is 14.6. The molecular weight excluding hydrogens is 350 g/mol. The monoisotopic (exact) mass is 377 g/mol. The third kappa shape index (κ3) is 6.27. The first-order valence-corrected chi connectivity index (χ1v) is 9.31. The highest BCUT2D eigenvalue weighted by Gasteiger charge is 2.19. The molecule has 2 amide bonds. The number of hydrogen-bond donors (Lipinski definition) is 3. The van der Waals surface area contributed by atoms with Gasteiger partial charge in [0.1, 0.15) is 0 Å². The molecule has 7 nitrogen and oxygen atoms in total. The van der Waals surface area contributed by atoms with Crippen LogP contribution in [0.1, 0.15) is 12.5 Å². The fourth-order valence-corrected chi connectivity index (χ4v) is 3.00. The van der Waals surface area contributed by atoms with Gasteiger partial charge < -0.3 is 20.9 Å². The lowest BCUT2D eigenvalue weighted by Crippen LogP contribution is -2.52. The fraction of sp³-hybridized carbons (Fsp3) is 0.500. The number of benzene rings is 1. The standard InChI is InChI=1S/C18H27N5O2S/c1-3-19-18(26)23-12-10-22(11-13-23)9-8-20-16(24)17(25)21-15-6-4-14(2)5-7-15/h4-7H,3,8-13H2,1-2H3,(H,19,26)(H,20,24)(H,21,25). The highest BCUT2D eigenvalue weighted by molar-refractivity contribution is 7.80. The average molecular weight is 378 g/mol. The minimum absolute atomic E-state index is 0.442. The quantitative estimate of drug-likeness (QED) is 0.514. The topological polar surface area (TPSA) is 76.7 Å². The van der Waals surface area contributed by atoms with E-state index in [0.29, 0.717) is 18.8 Å². The van der Waals surface area contributed by atoms with E-state index in [-0.39, 0.29) is 0 Å². The van der Waals surface area contributed by atoms with E-state index in [9.17, 15) is 9.59 Å². The van der Waals surface area contributed by atoms with Gasteiger partial charge in [-0.25, -0.2) is 0 Å². The molecule has 1 aromatic rings. The van der Waals surface area contributed by atoms with Gasteiger partial charge in [-0.05, 0) is 38.2 Å². The van der Waals surface area contributed by atoms with Crippen molar-refractivity contribution in [2.24, 2.45) is 0 Å². The number of rotatable bonds is 5. The van der Waals surface area contributed by atoms with E-state index >= 15 is 0 Å². The summed E-state index contributed by atoms with van der Waals surface area (Å²) in [5, 5.41) is 9.23. The number of piperazine rings is 1. The Kier molecular flexibility index (Phi) is 7.80. The van der Waals surface area contributed by atoms with E-state index in [1.807, 2.05) is 26.0 Å². The smallest absolute Gasteiger partial charge is 0.313 e. The van der Waals surface area contributed by atoms with Crippen LogP contribution < -0.4 is 16.0 Å². The summed E-state index contributed by atoms with van der Waals surface area (Å²) >= 11 is 5.32. The molecule has 1 fully saturated rings. The first-order valence-electron chi connectivity index (χ1n) is 8.90. The minimum Gasteiger partial charge on any atom is -0.363 e. The highest BCUT2D eigenvalue weighted by atomic mass is 32.1. The molecule has 0 aliphatic carbocycles. The molecule has 26 heavy (non-hydrogen) atoms. The molecule has 1 aliphatic heterocycles. The first kappa shape index (κ1) is 20.1. The molecule has 1 aromatic carbocycles. The zero-order valence-corrected chi connectivity index (χ0v) is 16.2. The molecule has 142 valence electrons. The van der Waals surface area contributed by atoms with Gasteiger partial charge in [-0.3, -0.25) is 14.5 Å². The van der Waals surface area contributed by atoms with Gasteiger partial charge in [0.25, 0.3) is 0 Å². The molecule has 0 bridgehead atoms. The summed E-state index contributed by atoms with van der Waals surface area (Å²) in [5.41, 5.74) is 1.71. The number of anilines is 1. The molecule has 3 N–H and O–H groups in total. The molecule has 8 heteroatoms. The Bertz CT molecular complexity index is 627. The number of thiocarbonyl (C=S) groups is 1. The highest BCUT2D eigenvalue weighted by Crippen LogP contribution is 2.08. The maximum Gasteiger partial charge on any atom is 0.313 e. The van der Waals surface area contributed by atoms with E-state index < -0.39 is 11.8 Å². The van der Waals surface area contributed by atoms with Crippen molar-refractivity contribution in [3.8, 4) is 0 Å². The van der Waals surface area contributed by atoms with Gasteiger partial charge in [0.15, 0.2) is 5.11 Å². The second-order valence-corrected chi connectivity index (χ2v) is 6.63. The number of nitrogens with one attached hydrogen (secondary N) is 3. The van der Waals surface area contributed by atoms with Crippen LogP contribution in [0.3, 0.4) is 0 Å². The lowest BCUT2D eigenvalue weighted by molar-refractivity contribution is -0.136. The molecule has 0 unspecified atom stereocenters. The van der Waals surface area contributed by atoms with Crippen LogP contribution >= 0.6 is 12.2 Å². The Morgan fingerprint density at radius 2 is 1.69 bits per heavy atom. The molecule has 1 aliphatic rings. The summed E-state index contributed by atoms with van der Waals surface area (Å²) in [4.78, 5) is 28.2. The second-order valence-electron chi connectivity index (χ2n) is 6.24. The Hall–Kier alpha value is -2.19. The Morgan fingerprint density at radius 3 is 2.31 bits per heavy atom. The van der Waals surface area contributed by atoms with E-state index in [2.05, 4.69) is 25.8 Å². The molecular formula is C18H27N5O2S. The first-order chi connectivity index (χ1) is 12.5. The van der Waals surface area contributed by atoms with Crippen molar-refractivity contribution in [3.05, 3.63) is 29.8 Å². The predicted octanol–water partition coefficient (Wildman–Crippen LogP) is 0.562. The maximum atomic E-state index is 11.9. The Morgan fingerprint density at radius 1 is 1.04 bits per heavy atom. The van der Waals surface area contributed by atoms with Crippen molar-refractivity contribution in [3.63, 3.8) is 0 Å². The van der Waals surface area contributed by atoms with Gasteiger partial charge in [0.05, 0.1) is 0 Å². The van der Waals surface area contributed by atoms with Crippen LogP contribution in [-0.2, 0) is 9.59 Å². The Balaban J connectivity index is 1.65. The Labute approximate surface area is 160 Å². The summed E-state index contributed by atoms with van der Waals surface area (Å²) in [5.74, 6) is -1.26. The number of aryl methyl sites for hydroxylation is 1. The van der Waals surface area contributed by atoms with Crippen LogP contribution in [0.2, 0.25) is 0 Å². The summed E-state index contributed by atoms with van der Waals surface area (Å²) in [6, 6.07) is 7.32. The van der Waals surface area contributed by atoms with Gasteiger partial charge in [-0.2, -0.15) is 0 Å². The van der Waals surface area contributed by atoms with Crippen LogP contribution in [0.25, 0.3) is 0 Å². The van der Waals surface area contributed by atoms with Gasteiger partial charge in [0, 0.05) is 51.5 Å². The lowest BCUT2D eigenvalue weighted by atomic mass is 10.2. The van der Waals surface area contributed by atoms with Crippen LogP contribution in [0.5, 0.6) is 0 Å². The van der Waals surface area contributed by atoms with Crippen molar-refractivity contribution in [1.29, 1.82) is 0 Å². The van der Waals surface area contributed by atoms with Crippen molar-refractivity contribution in [2.75, 3.05) is 51.1 Å². The number of hydrogen-bond acceptors (Lipinski definition) is 4. The largest absolute Gasteiger partial charge is 0.363 e. The molecule has 1 saturated heterocycles. The SMILES string of the molecule is CCNC(=S)N1CCN(CCNC(=O)C(=O)Nc2ccc(C)cc2)CC1. The van der Waals surface area contributed by atoms with E-state index in [1.165, 1.54) is 0 Å². The average Bonchev–Trinajstić information content (AvgIpc) is 2.64. The number of carbonyl (C=O) groups is 2.